The van der Waals surface area contributed by atoms with E-state index in [9.17, 15) is 0 Å². The van der Waals surface area contributed by atoms with E-state index in [0.29, 0.717) is 26.4 Å². The molecule has 0 bridgehead atoms. The molecule has 4 nitrogen and oxygen atoms in total. The third-order valence-electron chi connectivity index (χ3n) is 5.55. The summed E-state index contributed by atoms with van der Waals surface area (Å²) in [6, 6.07) is 18.5. The van der Waals surface area contributed by atoms with E-state index >= 15 is 0 Å². The number of hydrogen-bond donors (Lipinski definition) is 0. The minimum atomic E-state index is 0.641. The number of halogens is 1. The third kappa shape index (κ3) is 8.29. The molecule has 0 atom stereocenters. The fourth-order valence-corrected chi connectivity index (χ4v) is 4.17. The Labute approximate surface area is 230 Å². The van der Waals surface area contributed by atoms with Crippen molar-refractivity contribution in [2.45, 2.75) is 53.4 Å². The van der Waals surface area contributed by atoms with Gasteiger partial charge in [-0.3, -0.25) is 0 Å². The van der Waals surface area contributed by atoms with Crippen LogP contribution in [0.4, 0.5) is 0 Å². The molecule has 0 aliphatic carbocycles. The number of ether oxygens (including phenoxy) is 4. The predicted octanol–water partition coefficient (Wildman–Crippen LogP) is 9.44. The molecular formula is C32H39BrO4. The van der Waals surface area contributed by atoms with Gasteiger partial charge in [0.15, 0.2) is 0 Å². The van der Waals surface area contributed by atoms with Gasteiger partial charge in [-0.15, -0.1) is 0 Å². The Morgan fingerprint density at radius 2 is 1.03 bits per heavy atom. The van der Waals surface area contributed by atoms with Crippen molar-refractivity contribution >= 4 is 28.1 Å². The molecule has 0 radical (unpaired) electrons. The SMILES string of the molecule is CCCOc1cc(/C=C/c2cc(OCCC)c(-c3ccccc3)cc2OCCC)c(OCCC)cc1Br. The van der Waals surface area contributed by atoms with Crippen LogP contribution in [0.3, 0.4) is 0 Å². The average Bonchev–Trinajstić information content (AvgIpc) is 2.93. The highest BCUT2D eigenvalue weighted by Crippen LogP contribution is 2.39. The molecule has 3 rings (SSSR count). The molecule has 0 N–H and O–H groups in total. The normalized spacial score (nSPS) is 11.1. The molecule has 3 aromatic carbocycles. The summed E-state index contributed by atoms with van der Waals surface area (Å²) in [4.78, 5) is 0. The minimum absolute atomic E-state index is 0.641. The van der Waals surface area contributed by atoms with E-state index in [0.717, 1.165) is 75.4 Å². The second-order valence-electron chi connectivity index (χ2n) is 8.80. The van der Waals surface area contributed by atoms with Gasteiger partial charge in [-0.1, -0.05) is 70.2 Å². The Morgan fingerprint density at radius 3 is 1.57 bits per heavy atom. The van der Waals surface area contributed by atoms with E-state index in [-0.39, 0.29) is 0 Å². The van der Waals surface area contributed by atoms with Crippen LogP contribution in [0.5, 0.6) is 23.0 Å². The molecule has 0 heterocycles. The van der Waals surface area contributed by atoms with Crippen molar-refractivity contribution in [2.24, 2.45) is 0 Å². The van der Waals surface area contributed by atoms with Gasteiger partial charge in [-0.05, 0) is 71.4 Å². The van der Waals surface area contributed by atoms with Crippen LogP contribution in [0.25, 0.3) is 23.3 Å². The van der Waals surface area contributed by atoms with Crippen LogP contribution < -0.4 is 18.9 Å². The summed E-state index contributed by atoms with van der Waals surface area (Å²) in [5.41, 5.74) is 4.04. The van der Waals surface area contributed by atoms with Crippen molar-refractivity contribution in [2.75, 3.05) is 26.4 Å². The molecule has 37 heavy (non-hydrogen) atoms. The topological polar surface area (TPSA) is 36.9 Å². The van der Waals surface area contributed by atoms with E-state index in [1.807, 2.05) is 30.3 Å². The fourth-order valence-electron chi connectivity index (χ4n) is 3.74. The molecule has 0 aliphatic heterocycles. The van der Waals surface area contributed by atoms with Gasteiger partial charge in [0.2, 0.25) is 0 Å². The van der Waals surface area contributed by atoms with Crippen molar-refractivity contribution in [3.8, 4) is 34.1 Å². The first kappa shape index (κ1) is 28.6. The first-order valence-corrected chi connectivity index (χ1v) is 14.2. The summed E-state index contributed by atoms with van der Waals surface area (Å²) in [7, 11) is 0. The van der Waals surface area contributed by atoms with Gasteiger partial charge >= 0.3 is 0 Å². The zero-order chi connectivity index (χ0) is 26.5. The Morgan fingerprint density at radius 1 is 0.568 bits per heavy atom. The van der Waals surface area contributed by atoms with Gasteiger partial charge in [-0.25, -0.2) is 0 Å². The number of hydrogen-bond acceptors (Lipinski definition) is 4. The van der Waals surface area contributed by atoms with Gasteiger partial charge in [-0.2, -0.15) is 0 Å². The van der Waals surface area contributed by atoms with Crippen LogP contribution in [-0.4, -0.2) is 26.4 Å². The lowest BCUT2D eigenvalue weighted by Crippen LogP contribution is -2.02. The number of benzene rings is 3. The Hall–Kier alpha value is -2.92. The molecule has 0 amide bonds. The maximum absolute atomic E-state index is 6.22. The van der Waals surface area contributed by atoms with Crippen LogP contribution in [0.2, 0.25) is 0 Å². The maximum Gasteiger partial charge on any atom is 0.134 e. The lowest BCUT2D eigenvalue weighted by Gasteiger charge is -2.17. The van der Waals surface area contributed by atoms with Gasteiger partial charge in [0.1, 0.15) is 23.0 Å². The quantitative estimate of drug-likeness (QED) is 0.172. The predicted molar refractivity (Wildman–Crippen MR) is 158 cm³/mol. The monoisotopic (exact) mass is 566 g/mol. The van der Waals surface area contributed by atoms with Crippen molar-refractivity contribution in [1.29, 1.82) is 0 Å². The summed E-state index contributed by atoms with van der Waals surface area (Å²) in [5.74, 6) is 3.30. The summed E-state index contributed by atoms with van der Waals surface area (Å²) < 4.78 is 25.3. The van der Waals surface area contributed by atoms with Gasteiger partial charge in [0, 0.05) is 16.7 Å². The highest BCUT2D eigenvalue weighted by atomic mass is 79.9. The summed E-state index contributed by atoms with van der Waals surface area (Å²) in [5, 5.41) is 0. The van der Waals surface area contributed by atoms with Gasteiger partial charge in [0.05, 0.1) is 30.9 Å². The zero-order valence-corrected chi connectivity index (χ0v) is 24.1. The van der Waals surface area contributed by atoms with Crippen LogP contribution in [0.1, 0.15) is 64.5 Å². The molecular weight excluding hydrogens is 528 g/mol. The Balaban J connectivity index is 2.08. The van der Waals surface area contributed by atoms with E-state index < -0.39 is 0 Å². The lowest BCUT2D eigenvalue weighted by atomic mass is 10.0. The van der Waals surface area contributed by atoms with E-state index in [4.69, 9.17) is 18.9 Å². The van der Waals surface area contributed by atoms with Crippen LogP contribution in [0, 0.1) is 0 Å². The molecule has 0 saturated carbocycles. The van der Waals surface area contributed by atoms with Crippen molar-refractivity contribution in [1.82, 2.24) is 0 Å². The molecule has 5 heteroatoms. The second kappa shape index (κ2) is 15.4. The molecule has 0 aliphatic rings. The smallest absolute Gasteiger partial charge is 0.134 e. The Kier molecular flexibility index (Phi) is 11.9. The van der Waals surface area contributed by atoms with E-state index in [1.165, 1.54) is 0 Å². The third-order valence-corrected chi connectivity index (χ3v) is 6.17. The fraction of sp³-hybridized carbons (Fsp3) is 0.375. The molecule has 0 fully saturated rings. The first-order chi connectivity index (χ1) is 18.1. The van der Waals surface area contributed by atoms with Crippen molar-refractivity contribution < 1.29 is 18.9 Å². The summed E-state index contributed by atoms with van der Waals surface area (Å²) in [6.07, 6.45) is 7.88. The molecule has 3 aromatic rings. The van der Waals surface area contributed by atoms with Crippen molar-refractivity contribution in [3.63, 3.8) is 0 Å². The second-order valence-corrected chi connectivity index (χ2v) is 9.65. The van der Waals surface area contributed by atoms with Crippen LogP contribution in [0.15, 0.2) is 59.1 Å². The molecule has 0 aromatic heterocycles. The van der Waals surface area contributed by atoms with E-state index in [1.54, 1.807) is 0 Å². The van der Waals surface area contributed by atoms with Crippen LogP contribution in [-0.2, 0) is 0 Å². The molecule has 0 saturated heterocycles. The number of rotatable bonds is 15. The molecule has 0 spiro atoms. The summed E-state index contributed by atoms with van der Waals surface area (Å²) in [6.45, 7) is 11.0. The largest absolute Gasteiger partial charge is 0.493 e. The highest BCUT2D eigenvalue weighted by Gasteiger charge is 2.14. The molecule has 198 valence electrons. The maximum atomic E-state index is 6.22. The average molecular weight is 568 g/mol. The van der Waals surface area contributed by atoms with Crippen molar-refractivity contribution in [3.05, 3.63) is 70.2 Å². The standard InChI is InChI=1S/C32H39BrO4/c1-5-16-34-29-22-27(24-12-10-9-11-13-24)31(36-18-7-3)20-25(29)14-15-26-21-32(37-19-8-4)28(33)23-30(26)35-17-6-2/h9-15,20-23H,5-8,16-19H2,1-4H3/b15-14+. The van der Waals surface area contributed by atoms with Gasteiger partial charge < -0.3 is 18.9 Å². The highest BCUT2D eigenvalue weighted by molar-refractivity contribution is 9.10. The first-order valence-electron chi connectivity index (χ1n) is 13.4. The zero-order valence-electron chi connectivity index (χ0n) is 22.5. The lowest BCUT2D eigenvalue weighted by molar-refractivity contribution is 0.306. The summed E-state index contributed by atoms with van der Waals surface area (Å²) >= 11 is 3.64. The molecule has 0 unspecified atom stereocenters. The Bertz CT molecular complexity index is 1140. The minimum Gasteiger partial charge on any atom is -0.493 e. The van der Waals surface area contributed by atoms with Gasteiger partial charge in [0.25, 0.3) is 0 Å². The van der Waals surface area contributed by atoms with Crippen LogP contribution >= 0.6 is 15.9 Å². The van der Waals surface area contributed by atoms with E-state index in [2.05, 4.69) is 80.0 Å².